The normalized spacial score (nSPS) is 34.9. The highest BCUT2D eigenvalue weighted by Gasteiger charge is 2.46. The zero-order valence-corrected chi connectivity index (χ0v) is 21.3. The van der Waals surface area contributed by atoms with Crippen molar-refractivity contribution in [3.8, 4) is 0 Å². The van der Waals surface area contributed by atoms with Crippen molar-refractivity contribution in [2.24, 2.45) is 0 Å². The number of aromatic nitrogens is 4. The third kappa shape index (κ3) is 6.22. The molecule has 0 saturated carbocycles. The highest BCUT2D eigenvalue weighted by atomic mass is 31.3. The van der Waals surface area contributed by atoms with Gasteiger partial charge in [-0.2, -0.15) is 0 Å². The van der Waals surface area contributed by atoms with Gasteiger partial charge in [-0.1, -0.05) is 0 Å². The number of imidazole rings is 1. The van der Waals surface area contributed by atoms with E-state index in [1.165, 1.54) is 10.9 Å². The number of hydrogen-bond acceptors (Lipinski definition) is 18. The lowest BCUT2D eigenvalue weighted by Crippen LogP contribution is -2.35. The van der Waals surface area contributed by atoms with Gasteiger partial charge in [0.1, 0.15) is 48.5 Å². The van der Waals surface area contributed by atoms with Crippen molar-refractivity contribution in [3.63, 3.8) is 0 Å². The molecule has 4 rings (SSSR count). The minimum Gasteiger partial charge on any atom is -0.756 e. The van der Waals surface area contributed by atoms with E-state index in [-0.39, 0.29) is 23.6 Å². The number of anilines is 1. The van der Waals surface area contributed by atoms with Gasteiger partial charge in [-0.3, -0.25) is 13.7 Å². The molecule has 2 aliphatic rings. The summed E-state index contributed by atoms with van der Waals surface area (Å²) in [6, 6.07) is 0. The number of aliphatic hydroxyl groups excluding tert-OH is 4. The summed E-state index contributed by atoms with van der Waals surface area (Å²) in [5.74, 6) is 0.0506. The number of nitrogens with zero attached hydrogens (tertiary/aromatic N) is 4. The second kappa shape index (κ2) is 11.4. The monoisotopic (exact) mass is 585 g/mol. The van der Waals surface area contributed by atoms with Gasteiger partial charge in [0.05, 0.1) is 19.5 Å². The number of nitrogen functional groups attached to an aromatic ring is 1. The van der Waals surface area contributed by atoms with Crippen LogP contribution < -0.4 is 15.5 Å². The number of rotatable bonds is 11. The standard InChI is InChI=1S/C17H27N5O14P2/c1-2-31-17-13(26)11(24)8(35-17)4-33-38(29,30)36-37(27,28)32-3-7-10(23)12(25)16(34-7)22-6-21-9-14(18)19-5-20-15(9)22/h5-8,10-13,16-17,23-26H,2-4H2,1H3,(H,27,28)(H,29,30)(H2,18,19,20)/p-2/t7-,8-,10-,11-,12-,13-,16-,17-/m1/s1. The highest BCUT2D eigenvalue weighted by molar-refractivity contribution is 7.59. The number of fused-ring (bicyclic) bond motifs is 1. The molecule has 0 bridgehead atoms. The van der Waals surface area contributed by atoms with Gasteiger partial charge in [0.15, 0.2) is 24.0 Å². The van der Waals surface area contributed by atoms with E-state index in [9.17, 15) is 39.3 Å². The molecule has 19 nitrogen and oxygen atoms in total. The molecule has 21 heteroatoms. The smallest absolute Gasteiger partial charge is 0.274 e. The van der Waals surface area contributed by atoms with Gasteiger partial charge in [0.2, 0.25) is 0 Å². The Morgan fingerprint density at radius 3 is 2.21 bits per heavy atom. The molecule has 2 fully saturated rings. The van der Waals surface area contributed by atoms with Gasteiger partial charge in [-0.15, -0.1) is 0 Å². The minimum absolute atomic E-state index is 0.0506. The molecule has 214 valence electrons. The summed E-state index contributed by atoms with van der Waals surface area (Å²) < 4.78 is 54.0. The fourth-order valence-corrected chi connectivity index (χ4v) is 5.82. The molecule has 2 aromatic rings. The Kier molecular flexibility index (Phi) is 8.83. The van der Waals surface area contributed by atoms with Crippen LogP contribution in [-0.4, -0.2) is 103 Å². The van der Waals surface area contributed by atoms with Gasteiger partial charge in [0.25, 0.3) is 15.6 Å². The van der Waals surface area contributed by atoms with E-state index >= 15 is 0 Å². The minimum atomic E-state index is -5.61. The van der Waals surface area contributed by atoms with E-state index in [0.717, 1.165) is 6.33 Å². The molecule has 0 aromatic carbocycles. The quantitative estimate of drug-likeness (QED) is 0.160. The molecular formula is C17H25N5O14P2-2. The number of aliphatic hydroxyl groups is 4. The van der Waals surface area contributed by atoms with Crippen molar-refractivity contribution in [3.05, 3.63) is 12.7 Å². The van der Waals surface area contributed by atoms with Crippen molar-refractivity contribution in [2.45, 2.75) is 56.1 Å². The Hall–Kier alpha value is -1.67. The maximum Gasteiger partial charge on any atom is 0.274 e. The van der Waals surface area contributed by atoms with Crippen LogP contribution in [0.2, 0.25) is 0 Å². The van der Waals surface area contributed by atoms with E-state index in [2.05, 4.69) is 28.3 Å². The first-order valence-corrected chi connectivity index (χ1v) is 14.0. The maximum atomic E-state index is 12.1. The average molecular weight is 585 g/mol. The summed E-state index contributed by atoms with van der Waals surface area (Å²) >= 11 is 0. The van der Waals surface area contributed by atoms with Crippen molar-refractivity contribution in [1.29, 1.82) is 0 Å². The number of hydrogen-bond donors (Lipinski definition) is 5. The topological polar surface area (TPSA) is 286 Å². The van der Waals surface area contributed by atoms with E-state index < -0.39 is 78.0 Å². The van der Waals surface area contributed by atoms with Crippen molar-refractivity contribution >= 4 is 32.6 Å². The van der Waals surface area contributed by atoms with Gasteiger partial charge < -0.3 is 59.2 Å². The molecule has 2 aromatic heterocycles. The van der Waals surface area contributed by atoms with Gasteiger partial charge in [0, 0.05) is 6.61 Å². The molecule has 0 aliphatic carbocycles. The third-order valence-corrected chi connectivity index (χ3v) is 8.17. The average Bonchev–Trinajstić information content (AvgIpc) is 3.48. The Labute approximate surface area is 213 Å². The van der Waals surface area contributed by atoms with Gasteiger partial charge >= 0.3 is 0 Å². The van der Waals surface area contributed by atoms with Crippen molar-refractivity contribution in [1.82, 2.24) is 19.5 Å². The molecule has 10 atom stereocenters. The molecule has 0 spiro atoms. The van der Waals surface area contributed by atoms with Crippen LogP contribution in [-0.2, 0) is 36.7 Å². The van der Waals surface area contributed by atoms with Crippen LogP contribution in [0, 0.1) is 0 Å². The molecule has 0 amide bonds. The Morgan fingerprint density at radius 2 is 1.58 bits per heavy atom. The van der Waals surface area contributed by atoms with E-state index in [0.29, 0.717) is 0 Å². The fraction of sp³-hybridized carbons (Fsp3) is 0.706. The zero-order chi connectivity index (χ0) is 27.8. The maximum absolute atomic E-state index is 12.1. The number of phosphoric acid groups is 2. The first-order valence-electron chi connectivity index (χ1n) is 11.0. The lowest BCUT2D eigenvalue weighted by molar-refractivity contribution is -0.247. The second-order valence-corrected chi connectivity index (χ2v) is 11.1. The van der Waals surface area contributed by atoms with Crippen LogP contribution in [0.15, 0.2) is 12.7 Å². The zero-order valence-electron chi connectivity index (χ0n) is 19.5. The van der Waals surface area contributed by atoms with Crippen LogP contribution >= 0.6 is 15.6 Å². The molecule has 2 aliphatic heterocycles. The predicted octanol–water partition coefficient (Wildman–Crippen LogP) is -3.50. The molecule has 0 radical (unpaired) electrons. The predicted molar refractivity (Wildman–Crippen MR) is 116 cm³/mol. The fourth-order valence-electron chi connectivity index (χ4n) is 3.81. The SMILES string of the molecule is CCO[C@@H]1O[C@H](COP(=O)([O-])OP(=O)([O-])OC[C@H]2O[C@@H](n3cnc4c(N)ncnc43)[C@H](O)[C@@H]2O)[C@@H](O)[C@H]1O. The summed E-state index contributed by atoms with van der Waals surface area (Å²) in [6.45, 7) is -0.139. The molecule has 4 heterocycles. The molecule has 38 heavy (non-hydrogen) atoms. The van der Waals surface area contributed by atoms with Crippen LogP contribution in [0.5, 0.6) is 0 Å². The third-order valence-electron chi connectivity index (χ3n) is 5.64. The van der Waals surface area contributed by atoms with Crippen LogP contribution in [0.4, 0.5) is 5.82 Å². The first-order chi connectivity index (χ1) is 17.8. The van der Waals surface area contributed by atoms with Crippen LogP contribution in [0.25, 0.3) is 11.2 Å². The Morgan fingerprint density at radius 1 is 0.974 bits per heavy atom. The Balaban J connectivity index is 1.32. The lowest BCUT2D eigenvalue weighted by atomic mass is 10.1. The second-order valence-electron chi connectivity index (χ2n) is 8.18. The number of phosphoric ester groups is 2. The largest absolute Gasteiger partial charge is 0.756 e. The summed E-state index contributed by atoms with van der Waals surface area (Å²) in [7, 11) is -11.2. The van der Waals surface area contributed by atoms with E-state index in [1.54, 1.807) is 6.92 Å². The van der Waals surface area contributed by atoms with Crippen LogP contribution in [0.3, 0.4) is 0 Å². The lowest BCUT2D eigenvalue weighted by Gasteiger charge is -2.32. The van der Waals surface area contributed by atoms with E-state index in [1.807, 2.05) is 0 Å². The summed E-state index contributed by atoms with van der Waals surface area (Å²) in [5.41, 5.74) is 6.07. The van der Waals surface area contributed by atoms with Crippen molar-refractivity contribution < 1.29 is 66.9 Å². The van der Waals surface area contributed by atoms with Gasteiger partial charge in [-0.05, 0) is 6.92 Å². The van der Waals surface area contributed by atoms with Crippen LogP contribution in [0.1, 0.15) is 13.2 Å². The Bertz CT molecular complexity index is 1220. The van der Waals surface area contributed by atoms with Gasteiger partial charge in [-0.25, -0.2) is 19.3 Å². The first kappa shape index (κ1) is 29.3. The number of ether oxygens (including phenoxy) is 3. The summed E-state index contributed by atoms with van der Waals surface area (Å²) in [6.07, 6.45) is -9.34. The van der Waals surface area contributed by atoms with E-state index in [4.69, 9.17) is 19.9 Å². The molecule has 6 N–H and O–H groups in total. The highest BCUT2D eigenvalue weighted by Crippen LogP contribution is 2.56. The van der Waals surface area contributed by atoms with Crippen molar-refractivity contribution in [2.75, 3.05) is 25.6 Å². The molecule has 2 unspecified atom stereocenters. The molecular weight excluding hydrogens is 560 g/mol. The summed E-state index contributed by atoms with van der Waals surface area (Å²) in [4.78, 5) is 35.9. The summed E-state index contributed by atoms with van der Waals surface area (Å²) in [5, 5.41) is 40.4. The molecule has 2 saturated heterocycles. The number of nitrogens with two attached hydrogens (primary N) is 1.